The largest absolute Gasteiger partial charge is 0.326 e. The van der Waals surface area contributed by atoms with Crippen LogP contribution in [-0.4, -0.2) is 9.55 Å². The van der Waals surface area contributed by atoms with Crippen molar-refractivity contribution in [1.82, 2.24) is 9.55 Å². The van der Waals surface area contributed by atoms with Gasteiger partial charge < -0.3 is 4.57 Å². The Hall–Kier alpha value is -0.860. The highest BCUT2D eigenvalue weighted by molar-refractivity contribution is 5.03. The summed E-state index contributed by atoms with van der Waals surface area (Å²) in [6.45, 7) is 8.55. The van der Waals surface area contributed by atoms with Crippen molar-refractivity contribution in [1.29, 1.82) is 0 Å². The third-order valence-corrected chi connectivity index (χ3v) is 4.42. The lowest BCUT2D eigenvalue weighted by atomic mass is 9.88. The predicted octanol–water partition coefficient (Wildman–Crippen LogP) is 5.60. The van der Waals surface area contributed by atoms with Gasteiger partial charge in [-0.25, -0.2) is 4.98 Å². The highest BCUT2D eigenvalue weighted by atomic mass is 19.1. The number of imidazole rings is 1. The predicted molar refractivity (Wildman–Crippen MR) is 83.5 cm³/mol. The Kier molecular flexibility index (Phi) is 7.25. The summed E-state index contributed by atoms with van der Waals surface area (Å²) in [5, 5.41) is 0. The van der Waals surface area contributed by atoms with Crippen LogP contribution in [0.3, 0.4) is 0 Å². The van der Waals surface area contributed by atoms with Gasteiger partial charge in [-0.2, -0.15) is 4.39 Å². The molecule has 0 saturated carbocycles. The van der Waals surface area contributed by atoms with Crippen LogP contribution in [0.2, 0.25) is 0 Å². The van der Waals surface area contributed by atoms with Gasteiger partial charge >= 0.3 is 0 Å². The van der Waals surface area contributed by atoms with E-state index in [1.54, 1.807) is 6.33 Å². The van der Waals surface area contributed by atoms with Gasteiger partial charge in [-0.05, 0) is 26.7 Å². The molecule has 1 unspecified atom stereocenters. The summed E-state index contributed by atoms with van der Waals surface area (Å²) >= 11 is 0. The Morgan fingerprint density at radius 1 is 1.05 bits per heavy atom. The monoisotopic (exact) mass is 282 g/mol. The maximum Gasteiger partial charge on any atom is 0.233 e. The number of hydrogen-bond donors (Lipinski definition) is 0. The zero-order chi connectivity index (χ0) is 15.0. The van der Waals surface area contributed by atoms with Crippen LogP contribution >= 0.6 is 0 Å². The minimum Gasteiger partial charge on any atom is -0.326 e. The zero-order valence-electron chi connectivity index (χ0n) is 13.7. The highest BCUT2D eigenvalue weighted by Gasteiger charge is 2.27. The number of rotatable bonds is 10. The maximum atomic E-state index is 13.5. The highest BCUT2D eigenvalue weighted by Crippen LogP contribution is 2.31. The summed E-state index contributed by atoms with van der Waals surface area (Å²) < 4.78 is 15.6. The van der Waals surface area contributed by atoms with E-state index < -0.39 is 0 Å². The fourth-order valence-electron chi connectivity index (χ4n) is 2.96. The lowest BCUT2D eigenvalue weighted by Gasteiger charge is -2.33. The number of unbranched alkanes of at least 4 members (excludes halogenated alkanes) is 5. The molecule has 2 nitrogen and oxygen atoms in total. The summed E-state index contributed by atoms with van der Waals surface area (Å²) in [6.07, 6.45) is 12.7. The Bertz CT molecular complexity index is 386. The molecule has 0 saturated heterocycles. The van der Waals surface area contributed by atoms with E-state index in [-0.39, 0.29) is 11.5 Å². The van der Waals surface area contributed by atoms with Gasteiger partial charge in [0.15, 0.2) is 0 Å². The summed E-state index contributed by atoms with van der Waals surface area (Å²) in [5.74, 6) is -0.321. The number of hydrogen-bond acceptors (Lipinski definition) is 1. The summed E-state index contributed by atoms with van der Waals surface area (Å²) in [5.41, 5.74) is 0.695. The molecule has 0 fully saturated rings. The molecule has 0 radical (unpaired) electrons. The Balaban J connectivity index is 2.68. The van der Waals surface area contributed by atoms with Gasteiger partial charge in [-0.3, -0.25) is 0 Å². The smallest absolute Gasteiger partial charge is 0.233 e. The third kappa shape index (κ3) is 4.60. The van der Waals surface area contributed by atoms with Crippen molar-refractivity contribution in [2.45, 2.75) is 91.0 Å². The van der Waals surface area contributed by atoms with Gasteiger partial charge in [0.2, 0.25) is 5.95 Å². The molecular formula is C17H31FN2. The fourth-order valence-corrected chi connectivity index (χ4v) is 2.96. The van der Waals surface area contributed by atoms with E-state index in [9.17, 15) is 4.39 Å². The standard InChI is InChI=1S/C17H31FN2/c1-5-7-9-10-11-13-17(4,12-8-6-2)20-14-19-16(18)15(20)3/h14H,5-13H2,1-4H3. The zero-order valence-corrected chi connectivity index (χ0v) is 13.7. The van der Waals surface area contributed by atoms with Gasteiger partial charge in [-0.1, -0.05) is 58.8 Å². The third-order valence-electron chi connectivity index (χ3n) is 4.42. The van der Waals surface area contributed by atoms with Crippen LogP contribution < -0.4 is 0 Å². The quantitative estimate of drug-likeness (QED) is 0.511. The van der Waals surface area contributed by atoms with E-state index in [1.807, 2.05) is 6.92 Å². The molecule has 0 aliphatic heterocycles. The van der Waals surface area contributed by atoms with Crippen molar-refractivity contribution >= 4 is 0 Å². The molecule has 116 valence electrons. The van der Waals surface area contributed by atoms with Crippen LogP contribution in [-0.2, 0) is 5.54 Å². The van der Waals surface area contributed by atoms with Gasteiger partial charge in [0.25, 0.3) is 0 Å². The number of aromatic nitrogens is 2. The first kappa shape index (κ1) is 17.2. The molecule has 1 aromatic heterocycles. The Morgan fingerprint density at radius 2 is 1.65 bits per heavy atom. The molecule has 3 heteroatoms. The Morgan fingerprint density at radius 3 is 2.20 bits per heavy atom. The molecule has 0 N–H and O–H groups in total. The molecule has 0 aromatic carbocycles. The van der Waals surface area contributed by atoms with Crippen molar-refractivity contribution < 1.29 is 4.39 Å². The average molecular weight is 282 g/mol. The van der Waals surface area contributed by atoms with E-state index in [4.69, 9.17) is 0 Å². The normalized spacial score (nSPS) is 14.4. The second-order valence-electron chi connectivity index (χ2n) is 6.26. The summed E-state index contributed by atoms with van der Waals surface area (Å²) in [6, 6.07) is 0. The molecule has 0 aliphatic rings. The molecule has 0 bridgehead atoms. The number of nitrogens with zero attached hydrogens (tertiary/aromatic N) is 2. The first-order chi connectivity index (χ1) is 9.55. The van der Waals surface area contributed by atoms with Gasteiger partial charge in [-0.15, -0.1) is 0 Å². The molecule has 1 aromatic rings. The van der Waals surface area contributed by atoms with E-state index in [1.165, 1.54) is 44.9 Å². The molecule has 0 amide bonds. The molecule has 1 atom stereocenters. The van der Waals surface area contributed by atoms with Gasteiger partial charge in [0.1, 0.15) is 0 Å². The van der Waals surface area contributed by atoms with Crippen molar-refractivity contribution in [2.24, 2.45) is 0 Å². The van der Waals surface area contributed by atoms with Crippen LogP contribution in [0.4, 0.5) is 4.39 Å². The first-order valence-electron chi connectivity index (χ1n) is 8.25. The molecule has 0 spiro atoms. The minimum atomic E-state index is -0.321. The fraction of sp³-hybridized carbons (Fsp3) is 0.824. The molecule has 20 heavy (non-hydrogen) atoms. The van der Waals surface area contributed by atoms with E-state index >= 15 is 0 Å². The van der Waals surface area contributed by atoms with Crippen molar-refractivity contribution in [3.63, 3.8) is 0 Å². The molecule has 0 aliphatic carbocycles. The number of halogens is 1. The van der Waals surface area contributed by atoms with Crippen LogP contribution in [0.1, 0.15) is 84.3 Å². The van der Waals surface area contributed by atoms with Crippen molar-refractivity contribution in [2.75, 3.05) is 0 Å². The van der Waals surface area contributed by atoms with Crippen LogP contribution in [0, 0.1) is 12.9 Å². The van der Waals surface area contributed by atoms with E-state index in [0.717, 1.165) is 12.8 Å². The van der Waals surface area contributed by atoms with Crippen LogP contribution in [0.25, 0.3) is 0 Å². The lowest BCUT2D eigenvalue weighted by molar-refractivity contribution is 0.247. The van der Waals surface area contributed by atoms with Crippen molar-refractivity contribution in [3.8, 4) is 0 Å². The van der Waals surface area contributed by atoms with E-state index in [0.29, 0.717) is 5.69 Å². The summed E-state index contributed by atoms with van der Waals surface area (Å²) in [7, 11) is 0. The topological polar surface area (TPSA) is 17.8 Å². The maximum absolute atomic E-state index is 13.5. The first-order valence-corrected chi connectivity index (χ1v) is 8.25. The van der Waals surface area contributed by atoms with E-state index in [2.05, 4.69) is 30.3 Å². The summed E-state index contributed by atoms with van der Waals surface area (Å²) in [4.78, 5) is 3.84. The lowest BCUT2D eigenvalue weighted by Crippen LogP contribution is -2.30. The van der Waals surface area contributed by atoms with Crippen LogP contribution in [0.15, 0.2) is 6.33 Å². The molecule has 1 heterocycles. The minimum absolute atomic E-state index is 0.0175. The second kappa shape index (κ2) is 8.43. The molecular weight excluding hydrogens is 251 g/mol. The van der Waals surface area contributed by atoms with Gasteiger partial charge in [0.05, 0.1) is 12.0 Å². The van der Waals surface area contributed by atoms with Gasteiger partial charge in [0, 0.05) is 5.54 Å². The van der Waals surface area contributed by atoms with Crippen molar-refractivity contribution in [3.05, 3.63) is 18.0 Å². The molecule has 1 rings (SSSR count). The second-order valence-corrected chi connectivity index (χ2v) is 6.26. The SMILES string of the molecule is CCCCCCCC(C)(CCCC)n1cnc(F)c1C. The Labute approximate surface area is 123 Å². The van der Waals surface area contributed by atoms with Crippen LogP contribution in [0.5, 0.6) is 0 Å². The average Bonchev–Trinajstić information content (AvgIpc) is 2.77.